The maximum atomic E-state index is 12.6. The Hall–Kier alpha value is -2.62. The Bertz CT molecular complexity index is 793. The van der Waals surface area contributed by atoms with Crippen LogP contribution in [0.5, 0.6) is 5.75 Å². The number of hydrogen-bond acceptors (Lipinski definition) is 4. The van der Waals surface area contributed by atoms with Crippen LogP contribution in [-0.4, -0.2) is 24.5 Å². The maximum Gasteiger partial charge on any atom is 0.306 e. The van der Waals surface area contributed by atoms with E-state index in [2.05, 4.69) is 13.8 Å². The van der Waals surface area contributed by atoms with Crippen LogP contribution in [0.15, 0.2) is 48.5 Å². The van der Waals surface area contributed by atoms with Gasteiger partial charge in [-0.15, -0.1) is 0 Å². The number of rotatable bonds is 14. The van der Waals surface area contributed by atoms with E-state index in [9.17, 15) is 9.59 Å². The topological polar surface area (TPSA) is 52.6 Å². The average molecular weight is 425 g/mol. The van der Waals surface area contributed by atoms with E-state index in [1.54, 1.807) is 19.1 Å². The van der Waals surface area contributed by atoms with Gasteiger partial charge in [0.15, 0.2) is 6.10 Å². The van der Waals surface area contributed by atoms with Crippen LogP contribution in [0.3, 0.4) is 0 Å². The van der Waals surface area contributed by atoms with E-state index in [1.165, 1.54) is 19.3 Å². The second kappa shape index (κ2) is 13.6. The first kappa shape index (κ1) is 24.6. The summed E-state index contributed by atoms with van der Waals surface area (Å²) in [6.45, 7) is 6.66. The highest BCUT2D eigenvalue weighted by molar-refractivity contribution is 6.00. The number of carbonyl (C=O) groups is 2. The molecule has 0 bridgehead atoms. The minimum Gasteiger partial charge on any atom is -0.494 e. The number of benzene rings is 2. The van der Waals surface area contributed by atoms with Gasteiger partial charge in [-0.1, -0.05) is 82.3 Å². The van der Waals surface area contributed by atoms with Crippen molar-refractivity contribution >= 4 is 11.8 Å². The van der Waals surface area contributed by atoms with Gasteiger partial charge in [-0.3, -0.25) is 9.59 Å². The zero-order valence-corrected chi connectivity index (χ0v) is 19.2. The normalized spacial score (nSPS) is 11.7. The molecule has 1 unspecified atom stereocenters. The van der Waals surface area contributed by atoms with Gasteiger partial charge in [-0.05, 0) is 43.0 Å². The second-order valence-electron chi connectivity index (χ2n) is 7.96. The van der Waals surface area contributed by atoms with Crippen molar-refractivity contribution in [2.24, 2.45) is 0 Å². The molecule has 0 N–H and O–H groups in total. The predicted octanol–water partition coefficient (Wildman–Crippen LogP) is 7.01. The van der Waals surface area contributed by atoms with Crippen molar-refractivity contribution in [2.75, 3.05) is 6.61 Å². The Balaban J connectivity index is 1.87. The van der Waals surface area contributed by atoms with Gasteiger partial charge in [-0.2, -0.15) is 0 Å². The Morgan fingerprint density at radius 1 is 0.774 bits per heavy atom. The lowest BCUT2D eigenvalue weighted by molar-refractivity contribution is -0.146. The van der Waals surface area contributed by atoms with Crippen molar-refractivity contribution in [3.8, 4) is 16.9 Å². The molecule has 0 spiro atoms. The molecular weight excluding hydrogens is 388 g/mol. The first-order valence-electron chi connectivity index (χ1n) is 11.6. The van der Waals surface area contributed by atoms with Crippen molar-refractivity contribution in [1.82, 2.24) is 0 Å². The number of unbranched alkanes of at least 4 members (excludes halogenated alkanes) is 5. The van der Waals surface area contributed by atoms with Gasteiger partial charge < -0.3 is 9.47 Å². The minimum atomic E-state index is -0.770. The van der Waals surface area contributed by atoms with Crippen LogP contribution < -0.4 is 4.74 Å². The van der Waals surface area contributed by atoms with Gasteiger partial charge in [0.25, 0.3) is 0 Å². The van der Waals surface area contributed by atoms with E-state index in [0.717, 1.165) is 49.2 Å². The summed E-state index contributed by atoms with van der Waals surface area (Å²) in [6, 6.07) is 15.4. The molecule has 0 aliphatic rings. The van der Waals surface area contributed by atoms with E-state index in [-0.39, 0.29) is 11.8 Å². The number of carbonyl (C=O) groups excluding carboxylic acids is 2. The molecule has 1 atom stereocenters. The lowest BCUT2D eigenvalue weighted by atomic mass is 10.0. The molecule has 0 heterocycles. The third-order valence-electron chi connectivity index (χ3n) is 5.29. The molecule has 31 heavy (non-hydrogen) atoms. The summed E-state index contributed by atoms with van der Waals surface area (Å²) in [5, 5.41) is 0. The summed E-state index contributed by atoms with van der Waals surface area (Å²) in [5.41, 5.74) is 2.63. The lowest BCUT2D eigenvalue weighted by Gasteiger charge is -2.13. The SMILES string of the molecule is CCCCCCOc1ccc(-c2ccc(C(=O)C(C)OC(=O)CCCCC)cc2)cc1. The summed E-state index contributed by atoms with van der Waals surface area (Å²) in [4.78, 5) is 24.4. The Morgan fingerprint density at radius 3 is 1.97 bits per heavy atom. The molecule has 0 fully saturated rings. The van der Waals surface area contributed by atoms with Gasteiger partial charge in [0, 0.05) is 12.0 Å². The number of Topliss-reactive ketones (excluding diaryl/α,β-unsaturated/α-hetero) is 1. The highest BCUT2D eigenvalue weighted by Crippen LogP contribution is 2.23. The molecule has 2 rings (SSSR count). The molecule has 2 aromatic carbocycles. The van der Waals surface area contributed by atoms with Crippen LogP contribution in [0.1, 0.15) is 82.5 Å². The van der Waals surface area contributed by atoms with Crippen LogP contribution >= 0.6 is 0 Å². The fraction of sp³-hybridized carbons (Fsp3) is 0.481. The predicted molar refractivity (Wildman–Crippen MR) is 126 cm³/mol. The molecule has 0 saturated carbocycles. The highest BCUT2D eigenvalue weighted by atomic mass is 16.5. The quantitative estimate of drug-likeness (QED) is 0.186. The molecule has 0 aliphatic heterocycles. The second-order valence-corrected chi connectivity index (χ2v) is 7.96. The van der Waals surface area contributed by atoms with Gasteiger partial charge in [-0.25, -0.2) is 0 Å². The first-order valence-corrected chi connectivity index (χ1v) is 11.6. The molecular formula is C27H36O4. The lowest BCUT2D eigenvalue weighted by Crippen LogP contribution is -2.24. The van der Waals surface area contributed by atoms with Crippen LogP contribution in [0.2, 0.25) is 0 Å². The molecule has 0 radical (unpaired) electrons. The zero-order valence-electron chi connectivity index (χ0n) is 19.2. The molecule has 0 saturated heterocycles. The van der Waals surface area contributed by atoms with Crippen molar-refractivity contribution in [3.05, 3.63) is 54.1 Å². The first-order chi connectivity index (χ1) is 15.0. The van der Waals surface area contributed by atoms with Crippen LogP contribution in [0.4, 0.5) is 0 Å². The number of hydrogen-bond donors (Lipinski definition) is 0. The summed E-state index contributed by atoms with van der Waals surface area (Å²) in [5.74, 6) is 0.391. The largest absolute Gasteiger partial charge is 0.494 e. The van der Waals surface area contributed by atoms with E-state index in [1.807, 2.05) is 36.4 Å². The molecule has 0 aliphatic carbocycles. The third-order valence-corrected chi connectivity index (χ3v) is 5.29. The third kappa shape index (κ3) is 8.56. The van der Waals surface area contributed by atoms with Gasteiger partial charge >= 0.3 is 5.97 Å². The summed E-state index contributed by atoms with van der Waals surface area (Å²) >= 11 is 0. The molecule has 168 valence electrons. The Kier molecular flexibility index (Phi) is 10.8. The highest BCUT2D eigenvalue weighted by Gasteiger charge is 2.19. The molecule has 0 aromatic heterocycles. The summed E-state index contributed by atoms with van der Waals surface area (Å²) < 4.78 is 11.1. The van der Waals surface area contributed by atoms with Crippen molar-refractivity contribution in [1.29, 1.82) is 0 Å². The zero-order chi connectivity index (χ0) is 22.5. The minimum absolute atomic E-state index is 0.179. The van der Waals surface area contributed by atoms with Gasteiger partial charge in [0.2, 0.25) is 5.78 Å². The van der Waals surface area contributed by atoms with E-state index < -0.39 is 6.10 Å². The van der Waals surface area contributed by atoms with Crippen molar-refractivity contribution in [2.45, 2.75) is 78.2 Å². The molecule has 4 heteroatoms. The fourth-order valence-corrected chi connectivity index (χ4v) is 3.35. The van der Waals surface area contributed by atoms with Gasteiger partial charge in [0.05, 0.1) is 6.61 Å². The summed E-state index contributed by atoms with van der Waals surface area (Å²) in [7, 11) is 0. The number of ether oxygens (including phenoxy) is 2. The summed E-state index contributed by atoms with van der Waals surface area (Å²) in [6.07, 6.45) is 7.19. The Morgan fingerprint density at radius 2 is 1.35 bits per heavy atom. The average Bonchev–Trinajstić information content (AvgIpc) is 2.79. The Labute approximate surface area is 187 Å². The number of ketones is 1. The maximum absolute atomic E-state index is 12.6. The van der Waals surface area contributed by atoms with Crippen molar-refractivity contribution < 1.29 is 19.1 Å². The van der Waals surface area contributed by atoms with E-state index >= 15 is 0 Å². The monoisotopic (exact) mass is 424 g/mol. The molecule has 2 aromatic rings. The fourth-order valence-electron chi connectivity index (χ4n) is 3.35. The molecule has 4 nitrogen and oxygen atoms in total. The van der Waals surface area contributed by atoms with Crippen molar-refractivity contribution in [3.63, 3.8) is 0 Å². The van der Waals surface area contributed by atoms with Gasteiger partial charge in [0.1, 0.15) is 5.75 Å². The van der Waals surface area contributed by atoms with Crippen LogP contribution in [-0.2, 0) is 9.53 Å². The van der Waals surface area contributed by atoms with Crippen LogP contribution in [0, 0.1) is 0 Å². The smallest absolute Gasteiger partial charge is 0.306 e. The number of esters is 1. The molecule has 0 amide bonds. The van der Waals surface area contributed by atoms with E-state index in [0.29, 0.717) is 12.0 Å². The standard InChI is InChI=1S/C27H36O4/c1-4-6-8-10-20-30-25-18-16-23(17-19-25)22-12-14-24(15-13-22)27(29)21(3)31-26(28)11-9-7-5-2/h12-19,21H,4-11,20H2,1-3H3. The van der Waals surface area contributed by atoms with E-state index in [4.69, 9.17) is 9.47 Å². The van der Waals surface area contributed by atoms with Crippen LogP contribution in [0.25, 0.3) is 11.1 Å².